The van der Waals surface area contributed by atoms with E-state index in [0.717, 1.165) is 11.1 Å². The standard InChI is InChI=1S/C25H24ClN3O2/c1-25(2,3)20-10-6-18(7-11-20)23(30)28-22-14-8-19(9-15-22)24(31)29-27-16-17-4-12-21(26)13-5-17/h4-16H,1-3H3,(H,28,30)(H,29,31)/b27-16+. The summed E-state index contributed by atoms with van der Waals surface area (Å²) in [4.78, 5) is 24.7. The monoisotopic (exact) mass is 433 g/mol. The zero-order valence-corrected chi connectivity index (χ0v) is 18.4. The molecule has 0 spiro atoms. The van der Waals surface area contributed by atoms with Gasteiger partial charge in [0.05, 0.1) is 6.21 Å². The topological polar surface area (TPSA) is 70.6 Å². The van der Waals surface area contributed by atoms with Gasteiger partial charge >= 0.3 is 0 Å². The van der Waals surface area contributed by atoms with Crippen LogP contribution in [0.15, 0.2) is 77.9 Å². The molecule has 3 rings (SSSR count). The van der Waals surface area contributed by atoms with Crippen molar-refractivity contribution in [3.63, 3.8) is 0 Å². The van der Waals surface area contributed by atoms with Gasteiger partial charge in [0.1, 0.15) is 0 Å². The third-order valence-electron chi connectivity index (χ3n) is 4.67. The Morgan fingerprint density at radius 3 is 1.94 bits per heavy atom. The molecule has 0 fully saturated rings. The van der Waals surface area contributed by atoms with Crippen LogP contribution in [-0.2, 0) is 5.41 Å². The van der Waals surface area contributed by atoms with Gasteiger partial charge < -0.3 is 5.32 Å². The van der Waals surface area contributed by atoms with Crippen molar-refractivity contribution in [2.75, 3.05) is 5.32 Å². The fourth-order valence-corrected chi connectivity index (χ4v) is 2.93. The van der Waals surface area contributed by atoms with Crippen LogP contribution in [-0.4, -0.2) is 18.0 Å². The summed E-state index contributed by atoms with van der Waals surface area (Å²) >= 11 is 5.84. The minimum Gasteiger partial charge on any atom is -0.322 e. The van der Waals surface area contributed by atoms with Gasteiger partial charge in [-0.1, -0.05) is 56.6 Å². The van der Waals surface area contributed by atoms with E-state index in [1.165, 1.54) is 6.21 Å². The number of carbonyl (C=O) groups is 2. The van der Waals surface area contributed by atoms with E-state index in [4.69, 9.17) is 11.6 Å². The molecule has 0 saturated carbocycles. The molecule has 0 aromatic heterocycles. The predicted molar refractivity (Wildman–Crippen MR) is 126 cm³/mol. The lowest BCUT2D eigenvalue weighted by Crippen LogP contribution is -2.18. The Kier molecular flexibility index (Phi) is 6.88. The molecule has 0 aliphatic carbocycles. The Hall–Kier alpha value is -3.44. The Morgan fingerprint density at radius 2 is 1.35 bits per heavy atom. The number of hydrazone groups is 1. The average molecular weight is 434 g/mol. The van der Waals surface area contributed by atoms with Crippen molar-refractivity contribution < 1.29 is 9.59 Å². The molecular weight excluding hydrogens is 410 g/mol. The molecule has 0 radical (unpaired) electrons. The molecule has 0 aliphatic rings. The first-order valence-electron chi connectivity index (χ1n) is 9.83. The summed E-state index contributed by atoms with van der Waals surface area (Å²) in [6.45, 7) is 6.38. The van der Waals surface area contributed by atoms with Crippen molar-refractivity contribution in [2.24, 2.45) is 5.10 Å². The molecule has 0 atom stereocenters. The fraction of sp³-hybridized carbons (Fsp3) is 0.160. The number of benzene rings is 3. The fourth-order valence-electron chi connectivity index (χ4n) is 2.81. The van der Waals surface area contributed by atoms with Gasteiger partial charge in [0.2, 0.25) is 0 Å². The summed E-state index contributed by atoms with van der Waals surface area (Å²) in [5.74, 6) is -0.550. The lowest BCUT2D eigenvalue weighted by Gasteiger charge is -2.19. The molecule has 158 valence electrons. The molecule has 2 N–H and O–H groups in total. The Bertz CT molecular complexity index is 1080. The first-order chi connectivity index (χ1) is 14.7. The number of nitrogens with zero attached hydrogens (tertiary/aromatic N) is 1. The minimum absolute atomic E-state index is 0.0320. The maximum atomic E-state index is 12.5. The molecule has 0 heterocycles. The molecule has 31 heavy (non-hydrogen) atoms. The molecule has 3 aromatic carbocycles. The Labute approximate surface area is 187 Å². The number of hydrogen-bond donors (Lipinski definition) is 2. The molecule has 3 aromatic rings. The number of anilines is 1. The third kappa shape index (κ3) is 6.27. The van der Waals surface area contributed by atoms with Crippen LogP contribution >= 0.6 is 11.6 Å². The van der Waals surface area contributed by atoms with Crippen LogP contribution in [0.4, 0.5) is 5.69 Å². The zero-order chi connectivity index (χ0) is 22.4. The maximum Gasteiger partial charge on any atom is 0.271 e. The van der Waals surface area contributed by atoms with Crippen LogP contribution < -0.4 is 10.7 Å². The predicted octanol–water partition coefficient (Wildman–Crippen LogP) is 5.65. The molecule has 0 aliphatic heterocycles. The van der Waals surface area contributed by atoms with Gasteiger partial charge in [0, 0.05) is 21.8 Å². The van der Waals surface area contributed by atoms with Gasteiger partial charge in [-0.3, -0.25) is 9.59 Å². The van der Waals surface area contributed by atoms with E-state index in [9.17, 15) is 9.59 Å². The number of nitrogens with one attached hydrogen (secondary N) is 2. The van der Waals surface area contributed by atoms with Crippen molar-refractivity contribution in [1.82, 2.24) is 5.43 Å². The lowest BCUT2D eigenvalue weighted by molar-refractivity contribution is 0.0954. The zero-order valence-electron chi connectivity index (χ0n) is 17.6. The summed E-state index contributed by atoms with van der Waals surface area (Å²) in [6.07, 6.45) is 1.54. The van der Waals surface area contributed by atoms with E-state index in [1.54, 1.807) is 48.5 Å². The van der Waals surface area contributed by atoms with Crippen LogP contribution in [0.1, 0.15) is 52.6 Å². The second kappa shape index (κ2) is 9.58. The van der Waals surface area contributed by atoms with Gasteiger partial charge in [-0.25, -0.2) is 5.43 Å². The molecule has 0 bridgehead atoms. The highest BCUT2D eigenvalue weighted by molar-refractivity contribution is 6.30. The largest absolute Gasteiger partial charge is 0.322 e. The SMILES string of the molecule is CC(C)(C)c1ccc(C(=O)Nc2ccc(C(=O)N/N=C/c3ccc(Cl)cc3)cc2)cc1. The maximum absolute atomic E-state index is 12.5. The van der Waals surface area contributed by atoms with E-state index >= 15 is 0 Å². The van der Waals surface area contributed by atoms with Crippen LogP contribution in [0.2, 0.25) is 5.02 Å². The smallest absolute Gasteiger partial charge is 0.271 e. The van der Waals surface area contributed by atoms with Crippen LogP contribution in [0.25, 0.3) is 0 Å². The molecule has 0 saturated heterocycles. The third-order valence-corrected chi connectivity index (χ3v) is 4.92. The van der Waals surface area contributed by atoms with Crippen molar-refractivity contribution in [1.29, 1.82) is 0 Å². The van der Waals surface area contributed by atoms with E-state index in [-0.39, 0.29) is 17.2 Å². The van der Waals surface area contributed by atoms with E-state index < -0.39 is 0 Å². The first kappa shape index (κ1) is 22.2. The van der Waals surface area contributed by atoms with Gasteiger partial charge in [-0.2, -0.15) is 5.10 Å². The van der Waals surface area contributed by atoms with E-state index in [1.807, 2.05) is 24.3 Å². The summed E-state index contributed by atoms with van der Waals surface area (Å²) in [7, 11) is 0. The summed E-state index contributed by atoms with van der Waals surface area (Å²) in [5.41, 5.74) is 6.10. The highest BCUT2D eigenvalue weighted by atomic mass is 35.5. The number of halogens is 1. The highest BCUT2D eigenvalue weighted by Crippen LogP contribution is 2.22. The summed E-state index contributed by atoms with van der Waals surface area (Å²) in [5, 5.41) is 7.42. The molecule has 0 unspecified atom stereocenters. The average Bonchev–Trinajstić information content (AvgIpc) is 2.75. The van der Waals surface area contributed by atoms with Crippen LogP contribution in [0, 0.1) is 0 Å². The van der Waals surface area contributed by atoms with E-state index in [2.05, 4.69) is 36.6 Å². The van der Waals surface area contributed by atoms with Gasteiger partial charge in [-0.15, -0.1) is 0 Å². The molecule has 2 amide bonds. The molecule has 6 heteroatoms. The quantitative estimate of drug-likeness (QED) is 0.403. The normalized spacial score (nSPS) is 11.4. The second-order valence-electron chi connectivity index (χ2n) is 8.11. The number of hydrogen-bond acceptors (Lipinski definition) is 3. The van der Waals surface area contributed by atoms with Crippen molar-refractivity contribution in [2.45, 2.75) is 26.2 Å². The number of carbonyl (C=O) groups excluding carboxylic acids is 2. The number of rotatable bonds is 5. The molecule has 5 nitrogen and oxygen atoms in total. The van der Waals surface area contributed by atoms with Crippen molar-refractivity contribution >= 4 is 35.3 Å². The minimum atomic E-state index is -0.346. The Balaban J connectivity index is 1.57. The van der Waals surface area contributed by atoms with Gasteiger partial charge in [0.15, 0.2) is 0 Å². The lowest BCUT2D eigenvalue weighted by atomic mass is 9.87. The van der Waals surface area contributed by atoms with Crippen LogP contribution in [0.3, 0.4) is 0 Å². The van der Waals surface area contributed by atoms with E-state index in [0.29, 0.717) is 21.8 Å². The summed E-state index contributed by atoms with van der Waals surface area (Å²) in [6, 6.07) is 21.3. The van der Waals surface area contributed by atoms with Crippen molar-refractivity contribution in [3.8, 4) is 0 Å². The highest BCUT2D eigenvalue weighted by Gasteiger charge is 2.14. The van der Waals surface area contributed by atoms with Crippen molar-refractivity contribution in [3.05, 3.63) is 100 Å². The Morgan fingerprint density at radius 1 is 0.806 bits per heavy atom. The van der Waals surface area contributed by atoms with Crippen LogP contribution in [0.5, 0.6) is 0 Å². The summed E-state index contributed by atoms with van der Waals surface area (Å²) < 4.78 is 0. The van der Waals surface area contributed by atoms with Gasteiger partial charge in [-0.05, 0) is 65.1 Å². The second-order valence-corrected chi connectivity index (χ2v) is 8.55. The molecular formula is C25H24ClN3O2. The number of amides is 2. The van der Waals surface area contributed by atoms with Gasteiger partial charge in [0.25, 0.3) is 11.8 Å². The first-order valence-corrected chi connectivity index (χ1v) is 10.2.